The molecule has 1 heterocycles. The fraction of sp³-hybridized carbons (Fsp3) is 0.750. The zero-order valence-electron chi connectivity index (χ0n) is 7.78. The summed E-state index contributed by atoms with van der Waals surface area (Å²) in [5.41, 5.74) is 0. The van der Waals surface area contributed by atoms with Gasteiger partial charge in [0.25, 0.3) is 0 Å². The molecule has 0 saturated carbocycles. The van der Waals surface area contributed by atoms with Gasteiger partial charge in [-0.2, -0.15) is 0 Å². The van der Waals surface area contributed by atoms with Crippen molar-refractivity contribution >= 4 is 11.8 Å². The van der Waals surface area contributed by atoms with E-state index < -0.39 is 6.04 Å². The van der Waals surface area contributed by atoms with Gasteiger partial charge in [0.15, 0.2) is 0 Å². The summed E-state index contributed by atoms with van der Waals surface area (Å²) in [6, 6.07) is -0.618. The van der Waals surface area contributed by atoms with E-state index in [0.29, 0.717) is 0 Å². The summed E-state index contributed by atoms with van der Waals surface area (Å²) in [5.74, 6) is -0.391. The standard InChI is InChI=1S/C8H14N2O3/c1-5(4-11)9-6-3-7(12)10(2)8(6)13/h5-6,9,11H,3-4H2,1-2H3. The summed E-state index contributed by atoms with van der Waals surface area (Å²) in [7, 11) is 1.47. The molecular weight excluding hydrogens is 172 g/mol. The zero-order chi connectivity index (χ0) is 10.0. The summed E-state index contributed by atoms with van der Waals surface area (Å²) in [5, 5.41) is 11.6. The van der Waals surface area contributed by atoms with E-state index in [9.17, 15) is 9.59 Å². The molecule has 0 aromatic rings. The van der Waals surface area contributed by atoms with E-state index in [1.807, 2.05) is 0 Å². The lowest BCUT2D eigenvalue weighted by Gasteiger charge is -2.15. The highest BCUT2D eigenvalue weighted by atomic mass is 16.3. The van der Waals surface area contributed by atoms with Gasteiger partial charge in [-0.25, -0.2) is 0 Å². The normalized spacial score (nSPS) is 25.5. The SMILES string of the molecule is CC(CO)NC1CC(=O)N(C)C1=O. The molecular formula is C8H14N2O3. The van der Waals surface area contributed by atoms with E-state index in [1.165, 1.54) is 7.05 Å². The lowest BCUT2D eigenvalue weighted by Crippen LogP contribution is -2.43. The van der Waals surface area contributed by atoms with Crippen LogP contribution in [0.4, 0.5) is 0 Å². The summed E-state index contributed by atoms with van der Waals surface area (Å²) < 4.78 is 0. The monoisotopic (exact) mass is 186 g/mol. The molecule has 0 aliphatic carbocycles. The molecule has 0 bridgehead atoms. The maximum Gasteiger partial charge on any atom is 0.246 e. The van der Waals surface area contributed by atoms with Crippen LogP contribution in [0.1, 0.15) is 13.3 Å². The van der Waals surface area contributed by atoms with Gasteiger partial charge in [-0.3, -0.25) is 14.5 Å². The lowest BCUT2D eigenvalue weighted by molar-refractivity contribution is -0.137. The minimum absolute atomic E-state index is 0.0400. The number of nitrogens with zero attached hydrogens (tertiary/aromatic N) is 1. The lowest BCUT2D eigenvalue weighted by atomic mass is 10.2. The third kappa shape index (κ3) is 2.05. The second kappa shape index (κ2) is 3.85. The van der Waals surface area contributed by atoms with Crippen molar-refractivity contribution in [3.8, 4) is 0 Å². The van der Waals surface area contributed by atoms with Gasteiger partial charge in [-0.05, 0) is 6.92 Å². The van der Waals surface area contributed by atoms with Gasteiger partial charge in [0, 0.05) is 13.1 Å². The minimum atomic E-state index is -0.459. The van der Waals surface area contributed by atoms with Crippen LogP contribution in [-0.2, 0) is 9.59 Å². The van der Waals surface area contributed by atoms with Gasteiger partial charge in [-0.15, -0.1) is 0 Å². The summed E-state index contributed by atoms with van der Waals surface area (Å²) in [6.07, 6.45) is 0.194. The topological polar surface area (TPSA) is 69.6 Å². The molecule has 2 atom stereocenters. The number of aliphatic hydroxyl groups excluding tert-OH is 1. The molecule has 5 heteroatoms. The highest BCUT2D eigenvalue weighted by Gasteiger charge is 2.36. The summed E-state index contributed by atoms with van der Waals surface area (Å²) in [4.78, 5) is 23.5. The molecule has 0 spiro atoms. The highest BCUT2D eigenvalue weighted by Crippen LogP contribution is 2.10. The molecule has 2 unspecified atom stereocenters. The molecule has 0 radical (unpaired) electrons. The first kappa shape index (κ1) is 10.1. The number of hydrogen-bond donors (Lipinski definition) is 2. The second-order valence-corrected chi connectivity index (χ2v) is 3.30. The molecule has 1 aliphatic rings. The van der Waals surface area contributed by atoms with Crippen LogP contribution in [0.25, 0.3) is 0 Å². The van der Waals surface area contributed by atoms with E-state index in [2.05, 4.69) is 5.32 Å². The van der Waals surface area contributed by atoms with Crippen LogP contribution < -0.4 is 5.32 Å². The van der Waals surface area contributed by atoms with E-state index >= 15 is 0 Å². The Morgan fingerprint density at radius 1 is 1.69 bits per heavy atom. The number of carbonyl (C=O) groups excluding carboxylic acids is 2. The van der Waals surface area contributed by atoms with Crippen LogP contribution in [0.15, 0.2) is 0 Å². The molecule has 1 saturated heterocycles. The first-order valence-corrected chi connectivity index (χ1v) is 4.23. The smallest absolute Gasteiger partial charge is 0.246 e. The van der Waals surface area contributed by atoms with Crippen LogP contribution >= 0.6 is 0 Å². The van der Waals surface area contributed by atoms with Gasteiger partial charge in [0.1, 0.15) is 0 Å². The molecule has 1 fully saturated rings. The fourth-order valence-corrected chi connectivity index (χ4v) is 1.28. The minimum Gasteiger partial charge on any atom is -0.395 e. The molecule has 1 rings (SSSR count). The number of aliphatic hydroxyl groups is 1. The Bertz CT molecular complexity index is 229. The zero-order valence-corrected chi connectivity index (χ0v) is 7.78. The highest BCUT2D eigenvalue weighted by molar-refractivity contribution is 6.05. The number of carbonyl (C=O) groups is 2. The van der Waals surface area contributed by atoms with Crippen molar-refractivity contribution in [1.82, 2.24) is 10.2 Å². The average molecular weight is 186 g/mol. The number of hydrogen-bond acceptors (Lipinski definition) is 4. The van der Waals surface area contributed by atoms with E-state index in [0.717, 1.165) is 4.90 Å². The van der Waals surface area contributed by atoms with E-state index in [4.69, 9.17) is 5.11 Å². The number of nitrogens with one attached hydrogen (secondary N) is 1. The average Bonchev–Trinajstić information content (AvgIpc) is 2.34. The van der Waals surface area contributed by atoms with Crippen molar-refractivity contribution in [2.75, 3.05) is 13.7 Å². The van der Waals surface area contributed by atoms with Crippen LogP contribution in [0.5, 0.6) is 0 Å². The van der Waals surface area contributed by atoms with Gasteiger partial charge < -0.3 is 10.4 Å². The van der Waals surface area contributed by atoms with E-state index in [-0.39, 0.29) is 30.9 Å². The van der Waals surface area contributed by atoms with Crippen LogP contribution in [0.3, 0.4) is 0 Å². The third-order valence-corrected chi connectivity index (χ3v) is 2.14. The molecule has 2 amide bonds. The van der Waals surface area contributed by atoms with Crippen LogP contribution in [-0.4, -0.2) is 47.6 Å². The summed E-state index contributed by atoms with van der Waals surface area (Å²) >= 11 is 0. The Morgan fingerprint density at radius 2 is 2.31 bits per heavy atom. The summed E-state index contributed by atoms with van der Waals surface area (Å²) in [6.45, 7) is 1.72. The number of rotatable bonds is 3. The fourth-order valence-electron chi connectivity index (χ4n) is 1.28. The molecule has 74 valence electrons. The quantitative estimate of drug-likeness (QED) is 0.538. The van der Waals surface area contributed by atoms with Crippen molar-refractivity contribution in [1.29, 1.82) is 0 Å². The van der Waals surface area contributed by atoms with E-state index in [1.54, 1.807) is 6.92 Å². The van der Waals surface area contributed by atoms with Crippen molar-refractivity contribution in [2.45, 2.75) is 25.4 Å². The number of amides is 2. The molecule has 5 nitrogen and oxygen atoms in total. The van der Waals surface area contributed by atoms with Crippen molar-refractivity contribution in [3.63, 3.8) is 0 Å². The molecule has 13 heavy (non-hydrogen) atoms. The Balaban J connectivity index is 2.54. The molecule has 2 N–H and O–H groups in total. The maximum absolute atomic E-state index is 11.3. The number of imide groups is 1. The Morgan fingerprint density at radius 3 is 2.69 bits per heavy atom. The van der Waals surface area contributed by atoms with Crippen LogP contribution in [0, 0.1) is 0 Å². The Hall–Kier alpha value is -0.940. The van der Waals surface area contributed by atoms with Crippen molar-refractivity contribution in [2.24, 2.45) is 0 Å². The first-order chi connectivity index (χ1) is 6.06. The Kier molecular flexibility index (Phi) is 3.00. The van der Waals surface area contributed by atoms with Gasteiger partial charge in [-0.1, -0.05) is 0 Å². The first-order valence-electron chi connectivity index (χ1n) is 4.23. The van der Waals surface area contributed by atoms with Crippen molar-refractivity contribution < 1.29 is 14.7 Å². The second-order valence-electron chi connectivity index (χ2n) is 3.30. The molecule has 0 aromatic heterocycles. The number of likely N-dealkylation sites (tertiary alicyclic amines) is 1. The predicted molar refractivity (Wildman–Crippen MR) is 45.9 cm³/mol. The van der Waals surface area contributed by atoms with Crippen molar-refractivity contribution in [3.05, 3.63) is 0 Å². The maximum atomic E-state index is 11.3. The molecule has 1 aliphatic heterocycles. The third-order valence-electron chi connectivity index (χ3n) is 2.14. The predicted octanol–water partition coefficient (Wildman–Crippen LogP) is -1.29. The Labute approximate surface area is 76.7 Å². The largest absolute Gasteiger partial charge is 0.395 e. The number of likely N-dealkylation sites (N-methyl/N-ethyl adjacent to an activating group) is 1. The van der Waals surface area contributed by atoms with Gasteiger partial charge >= 0.3 is 0 Å². The molecule has 0 aromatic carbocycles. The van der Waals surface area contributed by atoms with Gasteiger partial charge in [0.05, 0.1) is 19.1 Å². The van der Waals surface area contributed by atoms with Crippen LogP contribution in [0.2, 0.25) is 0 Å². The van der Waals surface area contributed by atoms with Gasteiger partial charge in [0.2, 0.25) is 11.8 Å².